The number of nitrogens with one attached hydrogen (secondary N) is 4. The molecule has 2 aromatic carbocycles. The highest BCUT2D eigenvalue weighted by Gasteiger charge is 2.33. The van der Waals surface area contributed by atoms with Crippen molar-refractivity contribution in [2.45, 2.75) is 256 Å². The van der Waals surface area contributed by atoms with E-state index in [0.717, 1.165) is 46.2 Å². The van der Waals surface area contributed by atoms with E-state index in [2.05, 4.69) is 141 Å². The Hall–Kier alpha value is -6.39. The van der Waals surface area contributed by atoms with Crippen LogP contribution in [-0.4, -0.2) is 121 Å². The second-order valence-corrected chi connectivity index (χ2v) is 33.7. The van der Waals surface area contributed by atoms with Gasteiger partial charge in [0, 0.05) is 39.5 Å². The molecule has 544 valence electrons. The van der Waals surface area contributed by atoms with Crippen LogP contribution in [0.25, 0.3) is 0 Å². The smallest absolute Gasteiger partial charge is 0.323 e. The van der Waals surface area contributed by atoms with Crippen LogP contribution in [0.2, 0.25) is 0 Å². The Morgan fingerprint density at radius 3 is 1.49 bits per heavy atom. The van der Waals surface area contributed by atoms with Crippen molar-refractivity contribution in [3.63, 3.8) is 0 Å². The summed E-state index contributed by atoms with van der Waals surface area (Å²) in [7, 11) is 0. The summed E-state index contributed by atoms with van der Waals surface area (Å²) in [6.07, 6.45) is 3.35. The lowest BCUT2D eigenvalue weighted by molar-refractivity contribution is -0.122. The number of aliphatic imine (C=N–C) groups is 2. The number of phenolic OH excluding ortho intramolecular Hbond substituents is 1. The molecule has 0 radical (unpaired) electrons. The van der Waals surface area contributed by atoms with Gasteiger partial charge in [-0.05, 0) is 184 Å². The van der Waals surface area contributed by atoms with Gasteiger partial charge in [0.25, 0.3) is 0 Å². The number of H-pyrrole nitrogens is 2. The molecule has 0 bridgehead atoms. The summed E-state index contributed by atoms with van der Waals surface area (Å²) in [5.41, 5.74) is 8.77. The summed E-state index contributed by atoms with van der Waals surface area (Å²) < 4.78 is 44.2. The van der Waals surface area contributed by atoms with Crippen molar-refractivity contribution >= 4 is 57.6 Å². The van der Waals surface area contributed by atoms with Crippen molar-refractivity contribution in [3.05, 3.63) is 135 Å². The Bertz CT molecular complexity index is 3260. The quantitative estimate of drug-likeness (QED) is 0.0573. The number of nitrogens with zero attached hydrogens (tertiary/aromatic N) is 7. The number of benzene rings is 2. The minimum atomic E-state index is -0.537. The Labute approximate surface area is 589 Å². The van der Waals surface area contributed by atoms with Crippen LogP contribution in [-0.2, 0) is 67.0 Å². The molecular weight excluding hydrogens is 1300 g/mol. The van der Waals surface area contributed by atoms with Crippen LogP contribution >= 0.6 is 35.1 Å². The van der Waals surface area contributed by atoms with Crippen LogP contribution in [0.4, 0.5) is 4.39 Å². The van der Waals surface area contributed by atoms with Gasteiger partial charge < -0.3 is 38.5 Å². The molecule has 0 aliphatic carbocycles. The number of carbonyl (C=O) groups is 2. The summed E-state index contributed by atoms with van der Waals surface area (Å²) in [5.74, 6) is 4.68. The standard InChI is InChI=1S/C12H18S.C11H15FO.C9H14N2.C9H14O3S.2C8H14N2O2.C7H13N3O.C7H12N2O2S/c1-10-7-5-6-8-11(10)13-9-12(2,3)4;1-7-5-8(11(2,3)4)6-9(12)10(7)13;1-7-10-6-5-8(11-7)9(2,3)4;1-9(2,3)12-5-7-6(10)4-8(11)13-7;2*1-6-9-7(10-12-6)5-11-8(2,3)4;1-7(2,3)11-4-6-8-5-9-10-6;1-7(2,3)11-4-5-8-6(10)12-9-5/h5-8H,9H2,1-4H3;5-6,13H,1-4H3;5-6H,1-4H3;7H,4-5H2,1-3H3;2*1,5H2,2-4H3,(H,9,10);5H,4H2,1-3H3,(H,8,9,10);4H2,1-3H3,(H,8,9,10). The van der Waals surface area contributed by atoms with Crippen molar-refractivity contribution in [1.29, 1.82) is 0 Å². The zero-order chi connectivity index (χ0) is 74.6. The van der Waals surface area contributed by atoms with Gasteiger partial charge in [-0.3, -0.25) is 24.5 Å². The predicted molar refractivity (Wildman–Crippen MR) is 391 cm³/mol. The first-order chi connectivity index (χ1) is 44.2. The third kappa shape index (κ3) is 44.3. The van der Waals surface area contributed by atoms with Crippen molar-refractivity contribution in [2.75, 3.05) is 25.6 Å². The Kier molecular flexibility index (Phi) is 36.6. The first-order valence-corrected chi connectivity index (χ1v) is 34.5. The number of hydrogen-bond acceptors (Lipinski definition) is 23. The number of ether oxygens (including phenoxy) is 5. The van der Waals surface area contributed by atoms with E-state index in [1.54, 1.807) is 6.92 Å². The number of hydrogen-bond donors (Lipinski definition) is 5. The van der Waals surface area contributed by atoms with Gasteiger partial charge in [0.15, 0.2) is 34.1 Å². The molecule has 1 saturated heterocycles. The van der Waals surface area contributed by atoms with Crippen molar-refractivity contribution in [2.24, 2.45) is 15.4 Å². The predicted octanol–water partition coefficient (Wildman–Crippen LogP) is 15.4. The van der Waals surface area contributed by atoms with Crippen LogP contribution < -0.4 is 15.8 Å². The molecule has 3 aliphatic rings. The van der Waals surface area contributed by atoms with E-state index in [4.69, 9.17) is 33.4 Å². The molecule has 0 saturated carbocycles. The average molecular weight is 1410 g/mol. The molecule has 0 amide bonds. The SMILES string of the molecule is C=C1N=C(COC(C)(C)C)NO1.C=C1N=C(COC(C)(C)C)NO1.CC(C)(C)OCC1SC(=O)CC1=O.CC(C)(C)OCc1ncn[nH]1.CC(C)(C)OCc1nsc(=O)[nH]1.Cc1cc(C(C)(C)C)cc(F)c1O.Cc1ccccc1SCC(C)(C)C.Cc1nccc(C(C)(C)C)n1. The number of phenols is 1. The lowest BCUT2D eigenvalue weighted by Crippen LogP contribution is -2.28. The highest BCUT2D eigenvalue weighted by molar-refractivity contribution is 8.15. The third-order valence-electron chi connectivity index (χ3n) is 11.6. The average Bonchev–Trinajstić information content (AvgIpc) is 1.69. The molecule has 5 aromatic rings. The lowest BCUT2D eigenvalue weighted by Gasteiger charge is -2.20. The maximum absolute atomic E-state index is 13.1. The second-order valence-electron chi connectivity index (χ2n) is 30.7. The first-order valence-electron chi connectivity index (χ1n) is 31.9. The van der Waals surface area contributed by atoms with E-state index in [1.165, 1.54) is 28.6 Å². The number of Topliss-reactive ketones (excluding diaryl/α,β-unsaturated/α-hetero) is 1. The fourth-order valence-electron chi connectivity index (χ4n) is 6.54. The summed E-state index contributed by atoms with van der Waals surface area (Å²) in [6, 6.07) is 13.7. The van der Waals surface area contributed by atoms with E-state index >= 15 is 0 Å². The van der Waals surface area contributed by atoms with Crippen LogP contribution in [0, 0.1) is 32.0 Å². The van der Waals surface area contributed by atoms with E-state index in [1.807, 2.05) is 162 Å². The van der Waals surface area contributed by atoms with Gasteiger partial charge in [-0.2, -0.15) is 19.5 Å². The van der Waals surface area contributed by atoms with Gasteiger partial charge in [-0.15, -0.1) is 11.8 Å². The highest BCUT2D eigenvalue weighted by Crippen LogP contribution is 2.31. The fraction of sp³-hybridized carbons (Fsp3) is 0.606. The fourth-order valence-corrected chi connectivity index (χ4v) is 8.95. The van der Waals surface area contributed by atoms with Crippen LogP contribution in [0.1, 0.15) is 212 Å². The number of aromatic nitrogens is 7. The Balaban J connectivity index is 0.000000555. The number of halogens is 1. The molecule has 1 unspecified atom stereocenters. The monoisotopic (exact) mass is 1410 g/mol. The lowest BCUT2D eigenvalue weighted by atomic mass is 9.86. The molecule has 8 rings (SSSR count). The largest absolute Gasteiger partial charge is 0.505 e. The summed E-state index contributed by atoms with van der Waals surface area (Å²) in [4.78, 5) is 66.4. The maximum Gasteiger partial charge on any atom is 0.323 e. The van der Waals surface area contributed by atoms with Crippen LogP contribution in [0.3, 0.4) is 0 Å². The molecule has 1 fully saturated rings. The van der Waals surface area contributed by atoms with Gasteiger partial charge in [0.05, 0.1) is 46.3 Å². The van der Waals surface area contributed by atoms with Gasteiger partial charge in [-0.25, -0.2) is 30.3 Å². The Morgan fingerprint density at radius 1 is 0.639 bits per heavy atom. The summed E-state index contributed by atoms with van der Waals surface area (Å²) >= 11 is 3.97. The minimum absolute atomic E-state index is 0.000694. The number of ketones is 1. The number of rotatable bonds is 12. The molecule has 22 nitrogen and oxygen atoms in total. The number of aryl methyl sites for hydroxylation is 3. The number of aromatic amines is 2. The molecule has 5 N–H and O–H groups in total. The Morgan fingerprint density at radius 2 is 1.13 bits per heavy atom. The van der Waals surface area contributed by atoms with Crippen LogP contribution in [0.5, 0.6) is 5.75 Å². The summed E-state index contributed by atoms with van der Waals surface area (Å²) in [5, 5.41) is 15.3. The van der Waals surface area contributed by atoms with Gasteiger partial charge in [0.1, 0.15) is 50.2 Å². The summed E-state index contributed by atoms with van der Waals surface area (Å²) in [6.45, 7) is 63.7. The molecule has 26 heteroatoms. The number of carbonyl (C=O) groups excluding carboxylic acids is 2. The van der Waals surface area contributed by atoms with Gasteiger partial charge in [-0.1, -0.05) is 98.3 Å². The molecule has 97 heavy (non-hydrogen) atoms. The van der Waals surface area contributed by atoms with Gasteiger partial charge >= 0.3 is 4.87 Å². The second kappa shape index (κ2) is 40.0. The first kappa shape index (κ1) is 88.6. The number of thioether (sulfide) groups is 2. The van der Waals surface area contributed by atoms with E-state index in [-0.39, 0.29) is 72.0 Å². The zero-order valence-electron chi connectivity index (χ0n) is 62.9. The van der Waals surface area contributed by atoms with E-state index in [9.17, 15) is 23.9 Å². The minimum Gasteiger partial charge on any atom is -0.505 e. The number of amidine groups is 2. The van der Waals surface area contributed by atoms with Crippen molar-refractivity contribution in [3.8, 4) is 5.75 Å². The number of aromatic hydroxyl groups is 1. The maximum atomic E-state index is 13.1. The van der Waals surface area contributed by atoms with E-state index in [0.29, 0.717) is 73.3 Å². The van der Waals surface area contributed by atoms with E-state index < -0.39 is 5.82 Å². The third-order valence-corrected chi connectivity index (χ3v) is 15.1. The van der Waals surface area contributed by atoms with Crippen molar-refractivity contribution < 1.29 is 52.4 Å². The normalized spacial score (nSPS) is 14.7. The van der Waals surface area contributed by atoms with Crippen LogP contribution in [0.15, 0.2) is 99.6 Å². The topological polar surface area (TPSA) is 281 Å². The highest BCUT2D eigenvalue weighted by atomic mass is 32.2. The molecule has 0 spiro atoms. The van der Waals surface area contributed by atoms with Gasteiger partial charge in [0.2, 0.25) is 11.8 Å². The zero-order valence-corrected chi connectivity index (χ0v) is 65.3. The van der Waals surface area contributed by atoms with Crippen molar-refractivity contribution in [1.82, 2.24) is 45.5 Å². The molecule has 6 heterocycles. The molecular formula is C71H114FN11O11S3. The number of hydroxylamine groups is 2. The molecule has 3 aromatic heterocycles. The molecule has 3 aliphatic heterocycles. The molecule has 1 atom stereocenters.